The van der Waals surface area contributed by atoms with Crippen molar-refractivity contribution in [2.45, 2.75) is 25.6 Å². The largest absolute Gasteiger partial charge is 0.487 e. The highest BCUT2D eigenvalue weighted by Gasteiger charge is 2.38. The number of rotatable bonds is 8. The molecular formula is C23H23NO2. The third-order valence-electron chi connectivity index (χ3n) is 4.78. The fourth-order valence-corrected chi connectivity index (χ4v) is 3.20. The fourth-order valence-electron chi connectivity index (χ4n) is 3.20. The topological polar surface area (TPSA) is 31.4 Å². The van der Waals surface area contributed by atoms with Crippen LogP contribution in [-0.2, 0) is 18.0 Å². The normalized spacial score (nSPS) is 18.5. The van der Waals surface area contributed by atoms with E-state index in [2.05, 4.69) is 35.3 Å². The lowest BCUT2D eigenvalue weighted by Gasteiger charge is -2.08. The van der Waals surface area contributed by atoms with Gasteiger partial charge in [0.25, 0.3) is 0 Å². The molecule has 4 rings (SSSR count). The number of ether oxygens (including phenoxy) is 2. The quantitative estimate of drug-likeness (QED) is 0.577. The van der Waals surface area contributed by atoms with E-state index in [9.17, 15) is 0 Å². The second kappa shape index (κ2) is 8.15. The van der Waals surface area contributed by atoms with Crippen LogP contribution in [0.1, 0.15) is 29.0 Å². The van der Waals surface area contributed by atoms with Gasteiger partial charge >= 0.3 is 0 Å². The van der Waals surface area contributed by atoms with Gasteiger partial charge in [-0.2, -0.15) is 0 Å². The molecule has 0 radical (unpaired) electrons. The van der Waals surface area contributed by atoms with Crippen LogP contribution < -0.4 is 4.74 Å². The van der Waals surface area contributed by atoms with Crippen LogP contribution in [0.25, 0.3) is 0 Å². The Hall–Kier alpha value is -2.65. The number of hydrogen-bond donors (Lipinski definition) is 0. The second-order valence-electron chi connectivity index (χ2n) is 6.83. The SMILES string of the molecule is c1ccc(COC[C@H]2C[C@@H]2c2cncc(OCc3ccccc3)c2)cc1. The summed E-state index contributed by atoms with van der Waals surface area (Å²) in [6, 6.07) is 22.6. The van der Waals surface area contributed by atoms with Crippen molar-refractivity contribution >= 4 is 0 Å². The highest BCUT2D eigenvalue weighted by molar-refractivity contribution is 5.30. The minimum Gasteiger partial charge on any atom is -0.487 e. The van der Waals surface area contributed by atoms with Crippen LogP contribution >= 0.6 is 0 Å². The van der Waals surface area contributed by atoms with Crippen molar-refractivity contribution in [1.29, 1.82) is 0 Å². The van der Waals surface area contributed by atoms with E-state index in [1.165, 1.54) is 17.5 Å². The summed E-state index contributed by atoms with van der Waals surface area (Å²) in [6.07, 6.45) is 4.91. The van der Waals surface area contributed by atoms with Gasteiger partial charge in [0.15, 0.2) is 0 Å². The summed E-state index contributed by atoms with van der Waals surface area (Å²) in [5, 5.41) is 0. The lowest BCUT2D eigenvalue weighted by atomic mass is 10.1. The number of hydrogen-bond acceptors (Lipinski definition) is 3. The number of pyridine rings is 1. The molecule has 1 aliphatic carbocycles. The van der Waals surface area contributed by atoms with Crippen LogP contribution in [0.2, 0.25) is 0 Å². The number of benzene rings is 2. The zero-order valence-corrected chi connectivity index (χ0v) is 14.8. The molecular weight excluding hydrogens is 322 g/mol. The average molecular weight is 345 g/mol. The molecule has 1 aromatic heterocycles. The summed E-state index contributed by atoms with van der Waals surface area (Å²) in [6.45, 7) is 2.05. The maximum absolute atomic E-state index is 5.89. The third-order valence-corrected chi connectivity index (χ3v) is 4.78. The molecule has 3 heteroatoms. The van der Waals surface area contributed by atoms with Crippen LogP contribution in [0, 0.1) is 5.92 Å². The predicted octanol–water partition coefficient (Wildman–Crippen LogP) is 4.98. The first-order valence-electron chi connectivity index (χ1n) is 9.12. The highest BCUT2D eigenvalue weighted by atomic mass is 16.5. The van der Waals surface area contributed by atoms with Gasteiger partial charge in [0.05, 0.1) is 19.4 Å². The van der Waals surface area contributed by atoms with Crippen LogP contribution in [0.5, 0.6) is 5.75 Å². The summed E-state index contributed by atoms with van der Waals surface area (Å²) in [5.74, 6) is 1.96. The van der Waals surface area contributed by atoms with Gasteiger partial charge in [0, 0.05) is 6.20 Å². The van der Waals surface area contributed by atoms with Gasteiger partial charge in [0.2, 0.25) is 0 Å². The molecule has 0 spiro atoms. The second-order valence-corrected chi connectivity index (χ2v) is 6.83. The molecule has 0 amide bonds. The molecule has 1 saturated carbocycles. The molecule has 1 heterocycles. The molecule has 0 aliphatic heterocycles. The van der Waals surface area contributed by atoms with E-state index in [4.69, 9.17) is 9.47 Å². The van der Waals surface area contributed by atoms with Crippen LogP contribution in [-0.4, -0.2) is 11.6 Å². The van der Waals surface area contributed by atoms with Gasteiger partial charge in [-0.1, -0.05) is 60.7 Å². The first-order chi connectivity index (χ1) is 12.9. The van der Waals surface area contributed by atoms with Crippen LogP contribution in [0.4, 0.5) is 0 Å². The van der Waals surface area contributed by atoms with Crippen molar-refractivity contribution < 1.29 is 9.47 Å². The van der Waals surface area contributed by atoms with Crippen molar-refractivity contribution in [2.24, 2.45) is 5.92 Å². The highest BCUT2D eigenvalue weighted by Crippen LogP contribution is 2.48. The molecule has 3 aromatic rings. The Bertz CT molecular complexity index is 820. The Balaban J connectivity index is 1.26. The van der Waals surface area contributed by atoms with E-state index in [-0.39, 0.29) is 0 Å². The Kier molecular flexibility index (Phi) is 5.27. The standard InChI is InChI=1S/C23H23NO2/c1-3-7-18(8-4-1)15-25-17-21-12-23(21)20-11-22(14-24-13-20)26-16-19-9-5-2-6-10-19/h1-11,13-14,21,23H,12,15-17H2/t21-,23-/m1/s1. The summed E-state index contributed by atoms with van der Waals surface area (Å²) < 4.78 is 11.8. The number of aromatic nitrogens is 1. The Labute approximate surface area is 154 Å². The molecule has 132 valence electrons. The van der Waals surface area contributed by atoms with Crippen molar-refractivity contribution in [3.8, 4) is 5.75 Å². The van der Waals surface area contributed by atoms with E-state index in [1.54, 1.807) is 6.20 Å². The summed E-state index contributed by atoms with van der Waals surface area (Å²) in [5.41, 5.74) is 3.64. The molecule has 0 unspecified atom stereocenters. The number of nitrogens with zero attached hydrogens (tertiary/aromatic N) is 1. The van der Waals surface area contributed by atoms with E-state index in [1.807, 2.05) is 42.6 Å². The van der Waals surface area contributed by atoms with Crippen molar-refractivity contribution in [3.05, 3.63) is 95.8 Å². The molecule has 26 heavy (non-hydrogen) atoms. The molecule has 2 aromatic carbocycles. The summed E-state index contributed by atoms with van der Waals surface area (Å²) in [7, 11) is 0. The maximum atomic E-state index is 5.89. The van der Waals surface area contributed by atoms with Gasteiger partial charge in [-0.15, -0.1) is 0 Å². The van der Waals surface area contributed by atoms with Gasteiger partial charge in [-0.3, -0.25) is 4.98 Å². The van der Waals surface area contributed by atoms with Gasteiger partial charge in [-0.25, -0.2) is 0 Å². The monoisotopic (exact) mass is 345 g/mol. The van der Waals surface area contributed by atoms with E-state index >= 15 is 0 Å². The van der Waals surface area contributed by atoms with Crippen molar-refractivity contribution in [1.82, 2.24) is 4.98 Å². The molecule has 2 atom stereocenters. The van der Waals surface area contributed by atoms with Crippen molar-refractivity contribution in [2.75, 3.05) is 6.61 Å². The lowest BCUT2D eigenvalue weighted by molar-refractivity contribution is 0.110. The Morgan fingerprint density at radius 3 is 2.27 bits per heavy atom. The predicted molar refractivity (Wildman–Crippen MR) is 102 cm³/mol. The smallest absolute Gasteiger partial charge is 0.138 e. The fraction of sp³-hybridized carbons (Fsp3) is 0.261. The van der Waals surface area contributed by atoms with E-state index in [0.717, 1.165) is 17.9 Å². The zero-order valence-electron chi connectivity index (χ0n) is 14.8. The minimum absolute atomic E-state index is 0.540. The Morgan fingerprint density at radius 2 is 1.54 bits per heavy atom. The first kappa shape index (κ1) is 16.8. The molecule has 1 aliphatic rings. The van der Waals surface area contributed by atoms with Crippen molar-refractivity contribution in [3.63, 3.8) is 0 Å². The van der Waals surface area contributed by atoms with Gasteiger partial charge in [-0.05, 0) is 41.0 Å². The third kappa shape index (κ3) is 4.50. The molecule has 3 nitrogen and oxygen atoms in total. The van der Waals surface area contributed by atoms with E-state index < -0.39 is 0 Å². The molecule has 0 bridgehead atoms. The lowest BCUT2D eigenvalue weighted by Crippen LogP contribution is -1.99. The molecule has 1 fully saturated rings. The molecule has 0 N–H and O–H groups in total. The zero-order chi connectivity index (χ0) is 17.6. The van der Waals surface area contributed by atoms with Crippen LogP contribution in [0.15, 0.2) is 79.1 Å². The Morgan fingerprint density at radius 1 is 0.846 bits per heavy atom. The van der Waals surface area contributed by atoms with E-state index in [0.29, 0.717) is 25.0 Å². The van der Waals surface area contributed by atoms with Gasteiger partial charge in [0.1, 0.15) is 12.4 Å². The summed E-state index contributed by atoms with van der Waals surface area (Å²) in [4.78, 5) is 4.35. The minimum atomic E-state index is 0.540. The molecule has 0 saturated heterocycles. The van der Waals surface area contributed by atoms with Gasteiger partial charge < -0.3 is 9.47 Å². The average Bonchev–Trinajstić information content (AvgIpc) is 3.48. The summed E-state index contributed by atoms with van der Waals surface area (Å²) >= 11 is 0. The van der Waals surface area contributed by atoms with Crippen LogP contribution in [0.3, 0.4) is 0 Å². The maximum Gasteiger partial charge on any atom is 0.138 e. The first-order valence-corrected chi connectivity index (χ1v) is 9.12.